The van der Waals surface area contributed by atoms with Crippen molar-refractivity contribution in [2.75, 3.05) is 18.2 Å². The summed E-state index contributed by atoms with van der Waals surface area (Å²) < 4.78 is 25.8. The van der Waals surface area contributed by atoms with Crippen LogP contribution in [0.2, 0.25) is 5.02 Å². The molecule has 12 heteroatoms. The van der Waals surface area contributed by atoms with Crippen LogP contribution in [0.4, 0.5) is 9.39 Å². The van der Waals surface area contributed by atoms with E-state index in [0.29, 0.717) is 33.8 Å². The van der Waals surface area contributed by atoms with Crippen LogP contribution in [0.25, 0.3) is 0 Å². The standard InChI is InChI=1S/C24H24ClFN4O4S2/c1-3-10-30-19(12-34-14-8-9-17(26)16(25)11-14)28-29-24(30)35-13-20(31)27-22-21(23(32)33-2)15-6-4-5-7-18(15)36-22/h3,8-9,11H,1,4-7,10,12-13H2,2H3,(H,27,31). The number of carbonyl (C=O) groups is 2. The first-order valence-electron chi connectivity index (χ1n) is 11.2. The smallest absolute Gasteiger partial charge is 0.341 e. The van der Waals surface area contributed by atoms with Gasteiger partial charge in [-0.1, -0.05) is 29.4 Å². The van der Waals surface area contributed by atoms with E-state index in [1.165, 1.54) is 48.4 Å². The number of esters is 1. The van der Waals surface area contributed by atoms with Crippen molar-refractivity contribution >= 4 is 51.6 Å². The van der Waals surface area contributed by atoms with E-state index < -0.39 is 11.8 Å². The van der Waals surface area contributed by atoms with Gasteiger partial charge in [-0.05, 0) is 43.4 Å². The molecule has 1 aliphatic rings. The molecule has 0 fully saturated rings. The van der Waals surface area contributed by atoms with Gasteiger partial charge in [0.25, 0.3) is 0 Å². The molecule has 1 aliphatic carbocycles. The molecular weight excluding hydrogens is 527 g/mol. The normalized spacial score (nSPS) is 12.6. The number of thioether (sulfide) groups is 1. The van der Waals surface area contributed by atoms with Gasteiger partial charge in [0, 0.05) is 17.5 Å². The number of halogens is 2. The number of ether oxygens (including phenoxy) is 2. The van der Waals surface area contributed by atoms with Crippen molar-refractivity contribution in [1.82, 2.24) is 14.8 Å². The first-order chi connectivity index (χ1) is 17.4. The summed E-state index contributed by atoms with van der Waals surface area (Å²) in [6.07, 6.45) is 5.46. The Balaban J connectivity index is 1.42. The summed E-state index contributed by atoms with van der Waals surface area (Å²) in [6, 6.07) is 4.08. The van der Waals surface area contributed by atoms with Gasteiger partial charge in [-0.25, -0.2) is 9.18 Å². The van der Waals surface area contributed by atoms with Gasteiger partial charge in [-0.2, -0.15) is 0 Å². The Kier molecular flexibility index (Phi) is 8.65. The van der Waals surface area contributed by atoms with Crippen molar-refractivity contribution in [2.45, 2.75) is 44.0 Å². The van der Waals surface area contributed by atoms with Gasteiger partial charge in [0.1, 0.15) is 23.2 Å². The van der Waals surface area contributed by atoms with E-state index >= 15 is 0 Å². The van der Waals surface area contributed by atoms with Crippen LogP contribution in [0.15, 0.2) is 36.0 Å². The first kappa shape index (κ1) is 26.2. The lowest BCUT2D eigenvalue weighted by Crippen LogP contribution is -2.17. The third-order valence-electron chi connectivity index (χ3n) is 5.51. The van der Waals surface area contributed by atoms with E-state index in [4.69, 9.17) is 21.1 Å². The quantitative estimate of drug-likeness (QED) is 0.208. The molecule has 3 aromatic rings. The Labute approximate surface area is 220 Å². The highest BCUT2D eigenvalue weighted by Gasteiger charge is 2.27. The summed E-state index contributed by atoms with van der Waals surface area (Å²) in [7, 11) is 1.34. The zero-order valence-corrected chi connectivity index (χ0v) is 21.9. The molecule has 2 heterocycles. The SMILES string of the molecule is C=CCn1c(COc2ccc(F)c(Cl)c2)nnc1SCC(=O)Nc1sc2c(c1C(=O)OC)CCCC2. The minimum Gasteiger partial charge on any atom is -0.486 e. The van der Waals surface area contributed by atoms with Crippen LogP contribution < -0.4 is 10.1 Å². The van der Waals surface area contributed by atoms with Crippen molar-refractivity contribution in [3.05, 3.63) is 63.5 Å². The molecule has 1 amide bonds. The molecule has 4 rings (SSSR count). The molecule has 0 aliphatic heterocycles. The Morgan fingerprint density at radius 2 is 2.14 bits per heavy atom. The number of nitrogens with one attached hydrogen (secondary N) is 1. The molecule has 8 nitrogen and oxygen atoms in total. The summed E-state index contributed by atoms with van der Waals surface area (Å²) in [5.41, 5.74) is 1.45. The molecule has 2 aromatic heterocycles. The van der Waals surface area contributed by atoms with Crippen molar-refractivity contribution in [3.8, 4) is 5.75 Å². The minimum absolute atomic E-state index is 0.0377. The molecule has 0 saturated heterocycles. The van der Waals surface area contributed by atoms with Crippen molar-refractivity contribution in [2.24, 2.45) is 0 Å². The Morgan fingerprint density at radius 1 is 1.33 bits per heavy atom. The average molecular weight is 551 g/mol. The van der Waals surface area contributed by atoms with Crippen LogP contribution in [-0.4, -0.2) is 39.5 Å². The van der Waals surface area contributed by atoms with Gasteiger partial charge in [-0.3, -0.25) is 9.36 Å². The fourth-order valence-electron chi connectivity index (χ4n) is 3.82. The zero-order valence-electron chi connectivity index (χ0n) is 19.5. The molecule has 1 aromatic carbocycles. The molecular formula is C24H24ClFN4O4S2. The summed E-state index contributed by atoms with van der Waals surface area (Å²) in [5, 5.41) is 12.2. The monoisotopic (exact) mass is 550 g/mol. The summed E-state index contributed by atoms with van der Waals surface area (Å²) >= 11 is 8.45. The third-order valence-corrected chi connectivity index (χ3v) is 7.97. The first-order valence-corrected chi connectivity index (χ1v) is 13.4. The maximum atomic E-state index is 13.4. The van der Waals surface area contributed by atoms with E-state index in [2.05, 4.69) is 22.1 Å². The molecule has 190 valence electrons. The van der Waals surface area contributed by atoms with Crippen molar-refractivity contribution in [1.29, 1.82) is 0 Å². The number of fused-ring (bicyclic) bond motifs is 1. The molecule has 0 spiro atoms. The topological polar surface area (TPSA) is 95.3 Å². The number of methoxy groups -OCH3 is 1. The zero-order chi connectivity index (χ0) is 25.7. The Hall–Kier alpha value is -2.89. The van der Waals surface area contributed by atoms with Gasteiger partial charge >= 0.3 is 5.97 Å². The summed E-state index contributed by atoms with van der Waals surface area (Å²) in [6.45, 7) is 4.24. The highest BCUT2D eigenvalue weighted by atomic mass is 35.5. The molecule has 0 atom stereocenters. The van der Waals surface area contributed by atoms with Gasteiger partial charge in [0.2, 0.25) is 5.91 Å². The molecule has 36 heavy (non-hydrogen) atoms. The average Bonchev–Trinajstić information content (AvgIpc) is 3.43. The second kappa shape index (κ2) is 11.9. The fraction of sp³-hybridized carbons (Fsp3) is 0.333. The van der Waals surface area contributed by atoms with Crippen LogP contribution >= 0.6 is 34.7 Å². The number of hydrogen-bond acceptors (Lipinski definition) is 8. The number of nitrogens with zero attached hydrogens (tertiary/aromatic N) is 3. The highest BCUT2D eigenvalue weighted by Crippen LogP contribution is 2.38. The lowest BCUT2D eigenvalue weighted by atomic mass is 9.95. The van der Waals surface area contributed by atoms with Gasteiger partial charge in [0.05, 0.1) is 23.4 Å². The van der Waals surface area contributed by atoms with Crippen LogP contribution in [-0.2, 0) is 35.5 Å². The third kappa shape index (κ3) is 5.91. The fourth-order valence-corrected chi connectivity index (χ4v) is 6.06. The van der Waals surface area contributed by atoms with Gasteiger partial charge < -0.3 is 14.8 Å². The maximum absolute atomic E-state index is 13.4. The molecule has 0 saturated carbocycles. The number of hydrogen-bond donors (Lipinski definition) is 1. The van der Waals surface area contributed by atoms with E-state index in [1.807, 2.05) is 0 Å². The number of allylic oxidation sites excluding steroid dienone is 1. The predicted molar refractivity (Wildman–Crippen MR) is 138 cm³/mol. The number of benzene rings is 1. The summed E-state index contributed by atoms with van der Waals surface area (Å²) in [4.78, 5) is 26.3. The Bertz CT molecular complexity index is 1290. The van der Waals surface area contributed by atoms with Crippen molar-refractivity contribution < 1.29 is 23.5 Å². The van der Waals surface area contributed by atoms with Crippen LogP contribution in [0.1, 0.15) is 39.5 Å². The van der Waals surface area contributed by atoms with Crippen molar-refractivity contribution in [3.63, 3.8) is 0 Å². The largest absolute Gasteiger partial charge is 0.486 e. The van der Waals surface area contributed by atoms with E-state index in [9.17, 15) is 14.0 Å². The van der Waals surface area contributed by atoms with Crippen LogP contribution in [0.5, 0.6) is 5.75 Å². The van der Waals surface area contributed by atoms with E-state index in [0.717, 1.165) is 36.1 Å². The number of aromatic nitrogens is 3. The molecule has 0 unspecified atom stereocenters. The van der Waals surface area contributed by atoms with Gasteiger partial charge in [-0.15, -0.1) is 28.1 Å². The summed E-state index contributed by atoms with van der Waals surface area (Å²) in [5.74, 6) is -0.268. The molecule has 0 radical (unpaired) electrons. The van der Waals surface area contributed by atoms with E-state index in [1.54, 1.807) is 10.6 Å². The van der Waals surface area contributed by atoms with Crippen LogP contribution in [0.3, 0.4) is 0 Å². The number of anilines is 1. The predicted octanol–water partition coefficient (Wildman–Crippen LogP) is 5.29. The molecule has 1 N–H and O–H groups in total. The lowest BCUT2D eigenvalue weighted by Gasteiger charge is -2.11. The minimum atomic E-state index is -0.530. The highest BCUT2D eigenvalue weighted by molar-refractivity contribution is 7.99. The van der Waals surface area contributed by atoms with E-state index in [-0.39, 0.29) is 23.3 Å². The molecule has 0 bridgehead atoms. The lowest BCUT2D eigenvalue weighted by molar-refractivity contribution is -0.113. The maximum Gasteiger partial charge on any atom is 0.341 e. The number of amides is 1. The van der Waals surface area contributed by atoms with Crippen LogP contribution in [0, 0.1) is 5.82 Å². The number of thiophene rings is 1. The second-order valence-electron chi connectivity index (χ2n) is 7.91. The Morgan fingerprint density at radius 3 is 2.89 bits per heavy atom. The number of carbonyl (C=O) groups excluding carboxylic acids is 2. The number of rotatable bonds is 10. The van der Waals surface area contributed by atoms with Gasteiger partial charge in [0.15, 0.2) is 11.0 Å². The second-order valence-corrected chi connectivity index (χ2v) is 10.4. The number of aryl methyl sites for hydroxylation is 1.